The van der Waals surface area contributed by atoms with Gasteiger partial charge in [-0.05, 0) is 75.1 Å². The molecular weight excluding hydrogens is 300 g/mol. The third-order valence-corrected chi connectivity index (χ3v) is 5.80. The highest BCUT2D eigenvalue weighted by Crippen LogP contribution is 2.49. The molecule has 0 aromatic heterocycles. The molecule has 0 unspecified atom stereocenters. The van der Waals surface area contributed by atoms with Crippen molar-refractivity contribution < 1.29 is 9.59 Å². The Morgan fingerprint density at radius 2 is 1.79 bits per heavy atom. The van der Waals surface area contributed by atoms with Gasteiger partial charge in [0, 0.05) is 30.8 Å². The van der Waals surface area contributed by atoms with Crippen molar-refractivity contribution in [2.45, 2.75) is 46.0 Å². The molecule has 2 aliphatic rings. The van der Waals surface area contributed by atoms with Gasteiger partial charge in [-0.1, -0.05) is 6.42 Å². The van der Waals surface area contributed by atoms with Gasteiger partial charge in [-0.2, -0.15) is 0 Å². The van der Waals surface area contributed by atoms with E-state index in [2.05, 4.69) is 5.32 Å². The van der Waals surface area contributed by atoms with Crippen molar-refractivity contribution in [2.75, 3.05) is 18.4 Å². The lowest BCUT2D eigenvalue weighted by atomic mass is 9.86. The fourth-order valence-corrected chi connectivity index (χ4v) is 4.47. The molecule has 0 saturated heterocycles. The second kappa shape index (κ2) is 7.37. The molecule has 1 aromatic rings. The zero-order valence-electron chi connectivity index (χ0n) is 14.8. The molecule has 1 aromatic carbocycles. The summed E-state index contributed by atoms with van der Waals surface area (Å²) < 4.78 is 0. The van der Waals surface area contributed by atoms with Crippen LogP contribution in [0.5, 0.6) is 0 Å². The van der Waals surface area contributed by atoms with Crippen LogP contribution in [0.4, 0.5) is 5.69 Å². The first-order valence-corrected chi connectivity index (χ1v) is 9.29. The highest BCUT2D eigenvalue weighted by atomic mass is 16.2. The van der Waals surface area contributed by atoms with E-state index in [1.54, 1.807) is 17.0 Å². The molecule has 3 atom stereocenters. The lowest BCUT2D eigenvalue weighted by Gasteiger charge is -2.21. The predicted molar refractivity (Wildman–Crippen MR) is 95.9 cm³/mol. The first-order chi connectivity index (χ1) is 11.6. The molecule has 2 fully saturated rings. The molecule has 1 N–H and O–H groups in total. The van der Waals surface area contributed by atoms with Gasteiger partial charge >= 0.3 is 0 Å². The maximum absolute atomic E-state index is 12.3. The van der Waals surface area contributed by atoms with E-state index in [9.17, 15) is 9.59 Å². The summed E-state index contributed by atoms with van der Waals surface area (Å²) in [6, 6.07) is 7.26. The Bertz CT molecular complexity index is 592. The minimum atomic E-state index is 0.0415. The largest absolute Gasteiger partial charge is 0.339 e. The number of carbonyl (C=O) groups is 2. The van der Waals surface area contributed by atoms with Crippen molar-refractivity contribution in [3.8, 4) is 0 Å². The highest BCUT2D eigenvalue weighted by Gasteiger charge is 2.40. The first-order valence-electron chi connectivity index (χ1n) is 9.29. The molecule has 0 spiro atoms. The monoisotopic (exact) mass is 328 g/mol. The number of nitrogens with one attached hydrogen (secondary N) is 1. The van der Waals surface area contributed by atoms with Crippen LogP contribution in [0, 0.1) is 17.8 Å². The van der Waals surface area contributed by atoms with Crippen LogP contribution >= 0.6 is 0 Å². The topological polar surface area (TPSA) is 49.4 Å². The van der Waals surface area contributed by atoms with Crippen molar-refractivity contribution in [2.24, 2.45) is 17.8 Å². The Morgan fingerprint density at radius 3 is 2.33 bits per heavy atom. The number of amides is 2. The normalized spacial score (nSPS) is 24.8. The lowest BCUT2D eigenvalue weighted by molar-refractivity contribution is -0.117. The smallest absolute Gasteiger partial charge is 0.253 e. The summed E-state index contributed by atoms with van der Waals surface area (Å²) in [6.07, 6.45) is 5.88. The summed E-state index contributed by atoms with van der Waals surface area (Å²) in [5.41, 5.74) is 1.45. The van der Waals surface area contributed by atoms with E-state index in [0.717, 1.165) is 17.5 Å². The molecule has 0 radical (unpaired) electrons. The van der Waals surface area contributed by atoms with Gasteiger partial charge in [-0.25, -0.2) is 0 Å². The molecule has 2 aliphatic carbocycles. The zero-order chi connectivity index (χ0) is 17.1. The summed E-state index contributed by atoms with van der Waals surface area (Å²) in [4.78, 5) is 26.4. The van der Waals surface area contributed by atoms with E-state index in [0.29, 0.717) is 31.0 Å². The second-order valence-electron chi connectivity index (χ2n) is 7.24. The quantitative estimate of drug-likeness (QED) is 0.860. The van der Waals surface area contributed by atoms with Crippen LogP contribution < -0.4 is 5.32 Å². The molecule has 24 heavy (non-hydrogen) atoms. The van der Waals surface area contributed by atoms with Gasteiger partial charge in [0.2, 0.25) is 5.91 Å². The van der Waals surface area contributed by atoms with E-state index >= 15 is 0 Å². The Kier molecular flexibility index (Phi) is 5.22. The van der Waals surface area contributed by atoms with Gasteiger partial charge in [0.25, 0.3) is 5.91 Å². The lowest BCUT2D eigenvalue weighted by Crippen LogP contribution is -2.30. The second-order valence-corrected chi connectivity index (χ2v) is 7.24. The fraction of sp³-hybridized carbons (Fsp3) is 0.600. The van der Waals surface area contributed by atoms with Crippen molar-refractivity contribution in [3.05, 3.63) is 29.8 Å². The first kappa shape index (κ1) is 17.0. The molecule has 2 bridgehead atoms. The number of fused-ring (bicyclic) bond motifs is 2. The number of nitrogens with zero attached hydrogens (tertiary/aromatic N) is 1. The number of hydrogen-bond acceptors (Lipinski definition) is 2. The van der Waals surface area contributed by atoms with Crippen LogP contribution in [0.3, 0.4) is 0 Å². The zero-order valence-corrected chi connectivity index (χ0v) is 14.8. The molecule has 4 nitrogen and oxygen atoms in total. The number of carbonyl (C=O) groups excluding carboxylic acids is 2. The standard InChI is InChI=1S/C20H28N2O2/c1-3-22(4-2)20(24)15-7-9-18(10-8-15)21-19(23)13-17-12-14-5-6-16(17)11-14/h7-10,14,16-17H,3-6,11-13H2,1-2H3,(H,21,23)/t14-,16-,17-/m1/s1. The predicted octanol–water partition coefficient (Wildman–Crippen LogP) is 3.93. The van der Waals surface area contributed by atoms with Crippen molar-refractivity contribution >= 4 is 17.5 Å². The third-order valence-electron chi connectivity index (χ3n) is 5.80. The number of rotatable bonds is 6. The summed E-state index contributed by atoms with van der Waals surface area (Å²) in [6.45, 7) is 5.37. The van der Waals surface area contributed by atoms with Crippen molar-refractivity contribution in [1.82, 2.24) is 4.90 Å². The van der Waals surface area contributed by atoms with Crippen LogP contribution in [-0.4, -0.2) is 29.8 Å². The molecule has 0 heterocycles. The van der Waals surface area contributed by atoms with E-state index in [1.807, 2.05) is 26.0 Å². The summed E-state index contributed by atoms with van der Waals surface area (Å²) >= 11 is 0. The third kappa shape index (κ3) is 3.63. The van der Waals surface area contributed by atoms with Gasteiger partial charge in [0.1, 0.15) is 0 Å². The average Bonchev–Trinajstić information content (AvgIpc) is 3.19. The maximum atomic E-state index is 12.3. The van der Waals surface area contributed by atoms with Gasteiger partial charge in [0.15, 0.2) is 0 Å². The van der Waals surface area contributed by atoms with Gasteiger partial charge < -0.3 is 10.2 Å². The number of hydrogen-bond donors (Lipinski definition) is 1. The van der Waals surface area contributed by atoms with Crippen molar-refractivity contribution in [1.29, 1.82) is 0 Å². The van der Waals surface area contributed by atoms with E-state index in [-0.39, 0.29) is 11.8 Å². The summed E-state index contributed by atoms with van der Waals surface area (Å²) in [5.74, 6) is 2.37. The highest BCUT2D eigenvalue weighted by molar-refractivity contribution is 5.95. The van der Waals surface area contributed by atoms with Crippen LogP contribution in [0.25, 0.3) is 0 Å². The van der Waals surface area contributed by atoms with Crippen LogP contribution in [-0.2, 0) is 4.79 Å². The maximum Gasteiger partial charge on any atom is 0.253 e. The molecule has 130 valence electrons. The van der Waals surface area contributed by atoms with Crippen LogP contribution in [0.15, 0.2) is 24.3 Å². The molecular formula is C20H28N2O2. The fourth-order valence-electron chi connectivity index (χ4n) is 4.47. The molecule has 3 rings (SSSR count). The SMILES string of the molecule is CCN(CC)C(=O)c1ccc(NC(=O)C[C@H]2C[C@@H]3CC[C@@H]2C3)cc1. The summed E-state index contributed by atoms with van der Waals surface area (Å²) in [7, 11) is 0. The Balaban J connectivity index is 1.54. The molecule has 0 aliphatic heterocycles. The Morgan fingerprint density at radius 1 is 1.08 bits per heavy atom. The molecule has 4 heteroatoms. The van der Waals surface area contributed by atoms with E-state index in [1.165, 1.54) is 25.7 Å². The minimum Gasteiger partial charge on any atom is -0.339 e. The number of benzene rings is 1. The number of anilines is 1. The van der Waals surface area contributed by atoms with Gasteiger partial charge in [0.05, 0.1) is 0 Å². The van der Waals surface area contributed by atoms with Crippen molar-refractivity contribution in [3.63, 3.8) is 0 Å². The van der Waals surface area contributed by atoms with E-state index < -0.39 is 0 Å². The van der Waals surface area contributed by atoms with Gasteiger partial charge in [-0.3, -0.25) is 9.59 Å². The van der Waals surface area contributed by atoms with Crippen LogP contribution in [0.2, 0.25) is 0 Å². The van der Waals surface area contributed by atoms with Gasteiger partial charge in [-0.15, -0.1) is 0 Å². The molecule has 2 saturated carbocycles. The Hall–Kier alpha value is -1.84. The minimum absolute atomic E-state index is 0.0415. The Labute approximate surface area is 144 Å². The van der Waals surface area contributed by atoms with E-state index in [4.69, 9.17) is 0 Å². The molecule has 2 amide bonds. The average molecular weight is 328 g/mol. The summed E-state index contributed by atoms with van der Waals surface area (Å²) in [5, 5.41) is 2.99. The van der Waals surface area contributed by atoms with Crippen LogP contribution in [0.1, 0.15) is 56.3 Å².